The van der Waals surface area contributed by atoms with E-state index in [1.54, 1.807) is 64.8 Å². The first-order valence-electron chi connectivity index (χ1n) is 14.0. The van der Waals surface area contributed by atoms with Crippen molar-refractivity contribution in [1.82, 2.24) is 0 Å². The van der Waals surface area contributed by atoms with Crippen LogP contribution in [0, 0.1) is 5.41 Å². The molecular weight excluding hydrogens is 665 g/mol. The molecule has 0 fully saturated rings. The van der Waals surface area contributed by atoms with Gasteiger partial charge in [0, 0.05) is 34.5 Å². The van der Waals surface area contributed by atoms with Crippen molar-refractivity contribution in [2.45, 2.75) is 27.7 Å². The van der Waals surface area contributed by atoms with Gasteiger partial charge in [0.25, 0.3) is 0 Å². The molecule has 0 aromatic rings. The zero-order chi connectivity index (χ0) is 31.0. The molecule has 0 bridgehead atoms. The van der Waals surface area contributed by atoms with E-state index >= 15 is 0 Å². The van der Waals surface area contributed by atoms with Crippen LogP contribution in [0.2, 0.25) is 0 Å². The van der Waals surface area contributed by atoms with Crippen LogP contribution in [0.25, 0.3) is 0 Å². The van der Waals surface area contributed by atoms with Crippen LogP contribution in [0.4, 0.5) is 0 Å². The third kappa shape index (κ3) is 27.3. The lowest BCUT2D eigenvalue weighted by molar-refractivity contribution is -0.308. The van der Waals surface area contributed by atoms with E-state index in [2.05, 4.69) is 20.8 Å². The molecule has 0 saturated heterocycles. The lowest BCUT2D eigenvalue weighted by Gasteiger charge is -2.30. The Hall–Kier alpha value is 0.960. The summed E-state index contributed by atoms with van der Waals surface area (Å²) in [6.07, 6.45) is 0. The number of ether oxygens (including phenoxy) is 6. The van der Waals surface area contributed by atoms with Gasteiger partial charge < -0.3 is 28.4 Å². The molecular formula is C26H50O10S6. The number of hydrogen-bond donors (Lipinski definition) is 0. The van der Waals surface area contributed by atoms with Crippen LogP contribution in [0.3, 0.4) is 0 Å². The first-order chi connectivity index (χ1) is 20.5. The number of ketones is 1. The summed E-state index contributed by atoms with van der Waals surface area (Å²) in [6.45, 7) is 10.6. The number of esters is 1. The highest BCUT2D eigenvalue weighted by Gasteiger charge is 2.42. The molecule has 0 saturated carbocycles. The van der Waals surface area contributed by atoms with Crippen LogP contribution < -0.4 is 0 Å². The SMILES string of the molecule is CCSSCCOCCOCC(COCCOCCSSCC)(COOCC(C)=O)C(=O)OCCOCCSSCC. The molecule has 250 valence electrons. The molecule has 10 nitrogen and oxygen atoms in total. The van der Waals surface area contributed by atoms with Crippen molar-refractivity contribution in [1.29, 1.82) is 0 Å². The normalized spacial score (nSPS) is 11.7. The minimum atomic E-state index is -1.33. The summed E-state index contributed by atoms with van der Waals surface area (Å²) >= 11 is 0. The lowest BCUT2D eigenvalue weighted by atomic mass is 9.91. The second kappa shape index (κ2) is 33.3. The molecule has 0 N–H and O–H groups in total. The fraction of sp³-hybridized carbons (Fsp3) is 0.923. The standard InChI is InChI=1S/C26H50O10S6/c1-5-37-40-17-14-29-8-10-32-21-26(23-36-35-20-24(4)27,22-33-11-9-30-15-18-41-38-6-2)25(28)34-13-12-31-16-19-42-39-7-3/h5-23H2,1-4H3. The topological polar surface area (TPSA) is 108 Å². The van der Waals surface area contributed by atoms with Gasteiger partial charge in [0.05, 0.1) is 66.1 Å². The summed E-state index contributed by atoms with van der Waals surface area (Å²) in [4.78, 5) is 35.0. The predicted octanol–water partition coefficient (Wildman–Crippen LogP) is 5.34. The molecule has 0 aliphatic rings. The van der Waals surface area contributed by atoms with E-state index in [-0.39, 0.29) is 58.6 Å². The summed E-state index contributed by atoms with van der Waals surface area (Å²) in [6, 6.07) is 0. The van der Waals surface area contributed by atoms with Gasteiger partial charge in [0.2, 0.25) is 0 Å². The van der Waals surface area contributed by atoms with Crippen LogP contribution in [0.15, 0.2) is 0 Å². The quantitative estimate of drug-likeness (QED) is 0.0281. The highest BCUT2D eigenvalue weighted by Crippen LogP contribution is 2.24. The predicted molar refractivity (Wildman–Crippen MR) is 182 cm³/mol. The molecule has 0 aromatic carbocycles. The Morgan fingerprint density at radius 1 is 0.524 bits per heavy atom. The van der Waals surface area contributed by atoms with Crippen molar-refractivity contribution in [3.05, 3.63) is 0 Å². The van der Waals surface area contributed by atoms with Gasteiger partial charge in [-0.3, -0.25) is 9.59 Å². The second-order valence-electron chi connectivity index (χ2n) is 8.27. The maximum Gasteiger partial charge on any atom is 0.319 e. The van der Waals surface area contributed by atoms with E-state index in [9.17, 15) is 9.59 Å². The highest BCUT2D eigenvalue weighted by atomic mass is 33.1. The zero-order valence-corrected chi connectivity index (χ0v) is 30.4. The molecule has 0 heterocycles. The minimum absolute atomic E-state index is 0.0451. The van der Waals surface area contributed by atoms with Gasteiger partial charge in [-0.1, -0.05) is 85.5 Å². The third-order valence-electron chi connectivity index (χ3n) is 4.61. The zero-order valence-electron chi connectivity index (χ0n) is 25.5. The van der Waals surface area contributed by atoms with Crippen LogP contribution >= 0.6 is 64.8 Å². The van der Waals surface area contributed by atoms with Gasteiger partial charge in [-0.2, -0.15) is 0 Å². The highest BCUT2D eigenvalue weighted by molar-refractivity contribution is 8.77. The van der Waals surface area contributed by atoms with Gasteiger partial charge in [-0.25, -0.2) is 9.78 Å². The second-order valence-corrected chi connectivity index (χ2v) is 16.9. The first kappa shape index (κ1) is 43.0. The van der Waals surface area contributed by atoms with E-state index < -0.39 is 11.4 Å². The summed E-state index contributed by atoms with van der Waals surface area (Å²) in [5.41, 5.74) is -1.33. The first-order valence-corrected chi connectivity index (χ1v) is 21.5. The third-order valence-corrected chi connectivity index (χ3v) is 11.9. The molecule has 16 heteroatoms. The average molecular weight is 715 g/mol. The van der Waals surface area contributed by atoms with E-state index in [4.69, 9.17) is 38.2 Å². The van der Waals surface area contributed by atoms with Crippen molar-refractivity contribution in [2.75, 3.05) is 120 Å². The van der Waals surface area contributed by atoms with E-state index in [1.807, 2.05) is 0 Å². The maximum atomic E-state index is 13.4. The number of carbonyl (C=O) groups excluding carboxylic acids is 2. The Labute approximate surface area is 276 Å². The fourth-order valence-corrected chi connectivity index (χ4v) is 7.29. The molecule has 0 unspecified atom stereocenters. The molecule has 0 amide bonds. The van der Waals surface area contributed by atoms with Crippen molar-refractivity contribution >= 4 is 76.5 Å². The molecule has 42 heavy (non-hydrogen) atoms. The number of Topliss-reactive ketones (excluding diaryl/α,β-unsaturated/α-hetero) is 1. The average Bonchev–Trinajstić information content (AvgIpc) is 2.98. The van der Waals surface area contributed by atoms with E-state index in [0.717, 1.165) is 34.5 Å². The Morgan fingerprint density at radius 3 is 1.38 bits per heavy atom. The molecule has 0 aliphatic heterocycles. The molecule has 0 aliphatic carbocycles. The smallest absolute Gasteiger partial charge is 0.319 e. The maximum absolute atomic E-state index is 13.4. The van der Waals surface area contributed by atoms with Crippen LogP contribution in [-0.4, -0.2) is 132 Å². The van der Waals surface area contributed by atoms with Gasteiger partial charge in [0.15, 0.2) is 5.78 Å². The summed E-state index contributed by atoms with van der Waals surface area (Å²) in [7, 11) is 10.7. The Balaban J connectivity index is 4.97. The monoisotopic (exact) mass is 714 g/mol. The van der Waals surface area contributed by atoms with Crippen molar-refractivity contribution in [3.63, 3.8) is 0 Å². The summed E-state index contributed by atoms with van der Waals surface area (Å²) in [5, 5.41) is 0. The van der Waals surface area contributed by atoms with Gasteiger partial charge in [-0.15, -0.1) is 0 Å². The Morgan fingerprint density at radius 2 is 0.952 bits per heavy atom. The van der Waals surface area contributed by atoms with E-state index in [0.29, 0.717) is 33.0 Å². The van der Waals surface area contributed by atoms with Crippen LogP contribution in [-0.2, 0) is 47.8 Å². The number of rotatable bonds is 34. The fourth-order valence-electron chi connectivity index (χ4n) is 2.71. The lowest BCUT2D eigenvalue weighted by Crippen LogP contribution is -2.46. The summed E-state index contributed by atoms with van der Waals surface area (Å²) in [5.74, 6) is 5.02. The number of carbonyl (C=O) groups is 2. The molecule has 0 aromatic heterocycles. The van der Waals surface area contributed by atoms with Gasteiger partial charge in [-0.05, 0) is 6.92 Å². The Kier molecular flexibility index (Phi) is 34.1. The van der Waals surface area contributed by atoms with Crippen molar-refractivity contribution in [2.24, 2.45) is 5.41 Å². The summed E-state index contributed by atoms with van der Waals surface area (Å²) < 4.78 is 34.1. The van der Waals surface area contributed by atoms with Crippen molar-refractivity contribution < 1.29 is 47.8 Å². The van der Waals surface area contributed by atoms with Crippen LogP contribution in [0.1, 0.15) is 27.7 Å². The van der Waals surface area contributed by atoms with Crippen LogP contribution in [0.5, 0.6) is 0 Å². The largest absolute Gasteiger partial charge is 0.463 e. The molecule has 0 rings (SSSR count). The molecule has 0 atom stereocenters. The minimum Gasteiger partial charge on any atom is -0.463 e. The molecule has 0 radical (unpaired) electrons. The van der Waals surface area contributed by atoms with Crippen molar-refractivity contribution in [3.8, 4) is 0 Å². The molecule has 0 spiro atoms. The number of hydrogen-bond acceptors (Lipinski definition) is 16. The van der Waals surface area contributed by atoms with E-state index in [1.165, 1.54) is 6.92 Å². The van der Waals surface area contributed by atoms with Gasteiger partial charge >= 0.3 is 5.97 Å². The van der Waals surface area contributed by atoms with Gasteiger partial charge in [0.1, 0.15) is 25.2 Å². The Bertz CT molecular complexity index is 602.